The lowest BCUT2D eigenvalue weighted by Crippen LogP contribution is -2.39. The van der Waals surface area contributed by atoms with Gasteiger partial charge in [-0.2, -0.15) is 5.26 Å². The second-order valence-corrected chi connectivity index (χ2v) is 6.43. The van der Waals surface area contributed by atoms with Gasteiger partial charge in [0.05, 0.1) is 13.2 Å². The Morgan fingerprint density at radius 3 is 2.68 bits per heavy atom. The number of ether oxygens (including phenoxy) is 1. The van der Waals surface area contributed by atoms with Crippen LogP contribution in [0.25, 0.3) is 0 Å². The normalized spacial score (nSPS) is 16.1. The Balaban J connectivity index is 2.02. The Kier molecular flexibility index (Phi) is 6.76. The van der Waals surface area contributed by atoms with Crippen LogP contribution in [0.15, 0.2) is 35.9 Å². The van der Waals surface area contributed by atoms with E-state index < -0.39 is 17.6 Å². The molecular formula is C20H24N2O3. The van der Waals surface area contributed by atoms with Gasteiger partial charge >= 0.3 is 0 Å². The smallest absolute Gasteiger partial charge is 0.245 e. The summed E-state index contributed by atoms with van der Waals surface area (Å²) in [6.07, 6.45) is 5.91. The van der Waals surface area contributed by atoms with Gasteiger partial charge in [-0.3, -0.25) is 9.59 Å². The fourth-order valence-electron chi connectivity index (χ4n) is 3.13. The zero-order chi connectivity index (χ0) is 18.2. The lowest BCUT2D eigenvalue weighted by molar-refractivity contribution is -0.129. The minimum atomic E-state index is -1.28. The average molecular weight is 340 g/mol. The van der Waals surface area contributed by atoms with Crippen LogP contribution >= 0.6 is 0 Å². The highest BCUT2D eigenvalue weighted by molar-refractivity contribution is 6.09. The van der Waals surface area contributed by atoms with Crippen molar-refractivity contribution >= 4 is 11.7 Å². The van der Waals surface area contributed by atoms with Gasteiger partial charge in [-0.25, -0.2) is 0 Å². The highest BCUT2D eigenvalue weighted by Gasteiger charge is 2.27. The zero-order valence-electron chi connectivity index (χ0n) is 14.7. The van der Waals surface area contributed by atoms with Crippen LogP contribution in [-0.2, 0) is 16.0 Å². The summed E-state index contributed by atoms with van der Waals surface area (Å²) in [5, 5.41) is 12.1. The minimum Gasteiger partial charge on any atom is -0.496 e. The highest BCUT2D eigenvalue weighted by atomic mass is 16.5. The second-order valence-electron chi connectivity index (χ2n) is 6.43. The molecule has 132 valence electrons. The molecule has 0 bridgehead atoms. The molecule has 1 fully saturated rings. The molecule has 5 heteroatoms. The van der Waals surface area contributed by atoms with Crippen LogP contribution in [0.4, 0.5) is 0 Å². The summed E-state index contributed by atoms with van der Waals surface area (Å²) in [6, 6.07) is 9.50. The molecule has 0 aromatic heterocycles. The van der Waals surface area contributed by atoms with Crippen molar-refractivity contribution in [1.82, 2.24) is 5.32 Å². The molecule has 25 heavy (non-hydrogen) atoms. The van der Waals surface area contributed by atoms with Crippen molar-refractivity contribution in [2.45, 2.75) is 45.1 Å². The van der Waals surface area contributed by atoms with E-state index in [2.05, 4.69) is 5.32 Å². The molecule has 1 amide bonds. The van der Waals surface area contributed by atoms with Crippen molar-refractivity contribution in [3.8, 4) is 11.8 Å². The molecule has 1 saturated carbocycles. The summed E-state index contributed by atoms with van der Waals surface area (Å²) >= 11 is 0. The third kappa shape index (κ3) is 5.18. The number of hydrogen-bond acceptors (Lipinski definition) is 4. The van der Waals surface area contributed by atoms with Crippen LogP contribution in [-0.4, -0.2) is 24.8 Å². The maximum atomic E-state index is 12.4. The molecule has 1 aromatic rings. The van der Waals surface area contributed by atoms with Gasteiger partial charge in [-0.1, -0.05) is 36.6 Å². The Hall–Kier alpha value is -2.61. The number of nitriles is 1. The number of carbonyl (C=O) groups is 2. The average Bonchev–Trinajstić information content (AvgIpc) is 3.08. The number of nitrogens with one attached hydrogen (secondary N) is 1. The Labute approximate surface area is 148 Å². The van der Waals surface area contributed by atoms with Gasteiger partial charge in [-0.05, 0) is 43.9 Å². The molecule has 5 nitrogen and oxygen atoms in total. The van der Waals surface area contributed by atoms with Gasteiger partial charge < -0.3 is 10.1 Å². The molecule has 0 heterocycles. The third-order valence-corrected chi connectivity index (χ3v) is 4.43. The number of amides is 1. The summed E-state index contributed by atoms with van der Waals surface area (Å²) in [4.78, 5) is 24.6. The van der Waals surface area contributed by atoms with Crippen molar-refractivity contribution in [3.63, 3.8) is 0 Å². The lowest BCUT2D eigenvalue weighted by atomic mass is 9.99. The fraction of sp³-hybridized carbons (Fsp3) is 0.450. The lowest BCUT2D eigenvalue weighted by Gasteiger charge is -2.14. The van der Waals surface area contributed by atoms with E-state index in [1.165, 1.54) is 6.08 Å². The molecule has 1 aliphatic rings. The topological polar surface area (TPSA) is 79.2 Å². The number of hydrogen-bond donors (Lipinski definition) is 1. The third-order valence-electron chi connectivity index (χ3n) is 4.43. The molecule has 1 aliphatic carbocycles. The molecule has 1 N–H and O–H groups in total. The largest absolute Gasteiger partial charge is 0.496 e. The molecule has 0 spiro atoms. The number of carbonyl (C=O) groups excluding carboxylic acids is 2. The highest BCUT2D eigenvalue weighted by Crippen LogP contribution is 2.21. The van der Waals surface area contributed by atoms with E-state index in [1.807, 2.05) is 37.3 Å². The molecule has 0 saturated heterocycles. The van der Waals surface area contributed by atoms with E-state index in [9.17, 15) is 14.9 Å². The monoisotopic (exact) mass is 340 g/mol. The molecule has 0 radical (unpaired) electrons. The first-order valence-corrected chi connectivity index (χ1v) is 8.58. The number of benzene rings is 1. The molecular weight excluding hydrogens is 316 g/mol. The van der Waals surface area contributed by atoms with Crippen LogP contribution in [0, 0.1) is 17.2 Å². The van der Waals surface area contributed by atoms with Crippen molar-refractivity contribution in [1.29, 1.82) is 5.26 Å². The van der Waals surface area contributed by atoms with E-state index in [-0.39, 0.29) is 6.04 Å². The number of methoxy groups -OCH3 is 1. The maximum Gasteiger partial charge on any atom is 0.245 e. The number of rotatable bonds is 7. The SMILES string of the molecule is COc1ccccc1C/C(C)=C\C(=O)[C@@H](C#N)C(=O)NC1CCCC1. The van der Waals surface area contributed by atoms with Crippen LogP contribution in [0.2, 0.25) is 0 Å². The van der Waals surface area contributed by atoms with Gasteiger partial charge in [0, 0.05) is 6.04 Å². The van der Waals surface area contributed by atoms with E-state index in [0.717, 1.165) is 42.6 Å². The van der Waals surface area contributed by atoms with Gasteiger partial charge in [0.25, 0.3) is 0 Å². The van der Waals surface area contributed by atoms with Crippen molar-refractivity contribution in [2.75, 3.05) is 7.11 Å². The first kappa shape index (κ1) is 18.7. The number of ketones is 1. The number of allylic oxidation sites excluding steroid dienone is 2. The molecule has 2 rings (SSSR count). The predicted molar refractivity (Wildman–Crippen MR) is 95.0 cm³/mol. The van der Waals surface area contributed by atoms with Gasteiger partial charge in [-0.15, -0.1) is 0 Å². The summed E-state index contributed by atoms with van der Waals surface area (Å²) in [6.45, 7) is 1.81. The number of nitrogens with zero attached hydrogens (tertiary/aromatic N) is 1. The maximum absolute atomic E-state index is 12.4. The summed E-state index contributed by atoms with van der Waals surface area (Å²) in [7, 11) is 1.60. The van der Waals surface area contributed by atoms with Gasteiger partial charge in [0.1, 0.15) is 5.75 Å². The van der Waals surface area contributed by atoms with E-state index in [1.54, 1.807) is 7.11 Å². The summed E-state index contributed by atoms with van der Waals surface area (Å²) in [5.41, 5.74) is 1.74. The first-order chi connectivity index (χ1) is 12.0. The van der Waals surface area contributed by atoms with E-state index >= 15 is 0 Å². The Bertz CT molecular complexity index is 697. The van der Waals surface area contributed by atoms with Crippen molar-refractivity contribution in [3.05, 3.63) is 41.5 Å². The fourth-order valence-corrected chi connectivity index (χ4v) is 3.13. The van der Waals surface area contributed by atoms with Gasteiger partial charge in [0.2, 0.25) is 5.91 Å². The van der Waals surface area contributed by atoms with E-state index in [0.29, 0.717) is 6.42 Å². The van der Waals surface area contributed by atoms with Crippen LogP contribution in [0.3, 0.4) is 0 Å². The predicted octanol–water partition coefficient (Wildman–Crippen LogP) is 2.95. The van der Waals surface area contributed by atoms with Crippen LogP contribution < -0.4 is 10.1 Å². The zero-order valence-corrected chi connectivity index (χ0v) is 14.7. The Morgan fingerprint density at radius 2 is 2.04 bits per heavy atom. The number of para-hydroxylation sites is 1. The standard InChI is InChI=1S/C20H24N2O3/c1-14(11-15-7-3-6-10-19(15)25-2)12-18(23)17(13-21)20(24)22-16-8-4-5-9-16/h3,6-7,10,12,16-17H,4-5,8-9,11H2,1-2H3,(H,22,24)/b14-12-/t17-/m1/s1. The first-order valence-electron chi connectivity index (χ1n) is 8.58. The van der Waals surface area contributed by atoms with Crippen molar-refractivity contribution < 1.29 is 14.3 Å². The molecule has 1 atom stereocenters. The van der Waals surface area contributed by atoms with E-state index in [4.69, 9.17) is 4.74 Å². The van der Waals surface area contributed by atoms with Crippen LogP contribution in [0.1, 0.15) is 38.2 Å². The minimum absolute atomic E-state index is 0.0924. The quantitative estimate of drug-likeness (QED) is 0.611. The second kappa shape index (κ2) is 9.03. The molecule has 0 aliphatic heterocycles. The molecule has 1 aromatic carbocycles. The van der Waals surface area contributed by atoms with Gasteiger partial charge in [0.15, 0.2) is 11.7 Å². The molecule has 0 unspecified atom stereocenters. The Morgan fingerprint density at radius 1 is 1.36 bits per heavy atom. The summed E-state index contributed by atoms with van der Waals surface area (Å²) in [5.74, 6) is -1.49. The summed E-state index contributed by atoms with van der Waals surface area (Å²) < 4.78 is 5.30. The van der Waals surface area contributed by atoms with Crippen molar-refractivity contribution in [2.24, 2.45) is 5.92 Å². The van der Waals surface area contributed by atoms with Crippen LogP contribution in [0.5, 0.6) is 5.75 Å².